The topological polar surface area (TPSA) is 45.2 Å². The third-order valence-corrected chi connectivity index (χ3v) is 4.69. The van der Waals surface area contributed by atoms with Gasteiger partial charge in [0.1, 0.15) is 16.5 Å². The zero-order chi connectivity index (χ0) is 18.5. The average molecular weight is 369 g/mol. The summed E-state index contributed by atoms with van der Waals surface area (Å²) >= 11 is 1.26. The number of carbonyl (C=O) groups is 1. The first-order chi connectivity index (χ1) is 12.5. The Hall–Kier alpha value is -2.57. The maximum atomic E-state index is 13.8. The van der Waals surface area contributed by atoms with E-state index in [4.69, 9.17) is 0 Å². The Morgan fingerprint density at radius 2 is 1.81 bits per heavy atom. The average Bonchev–Trinajstić information content (AvgIpc) is 3.11. The summed E-state index contributed by atoms with van der Waals surface area (Å²) in [6, 6.07) is 14.5. The zero-order valence-electron chi connectivity index (χ0n) is 14.7. The van der Waals surface area contributed by atoms with Gasteiger partial charge in [0.05, 0.1) is 0 Å². The molecule has 0 aliphatic heterocycles. The van der Waals surface area contributed by atoms with Gasteiger partial charge >= 0.3 is 0 Å². The van der Waals surface area contributed by atoms with Crippen LogP contribution in [0, 0.1) is 5.82 Å². The van der Waals surface area contributed by atoms with Crippen molar-refractivity contribution < 1.29 is 9.18 Å². The fourth-order valence-electron chi connectivity index (χ4n) is 2.54. The van der Waals surface area contributed by atoms with E-state index in [1.54, 1.807) is 23.6 Å². The van der Waals surface area contributed by atoms with Gasteiger partial charge in [0.2, 0.25) is 0 Å². The second-order valence-corrected chi connectivity index (χ2v) is 7.11. The molecule has 0 atom stereocenters. The van der Waals surface area contributed by atoms with Crippen LogP contribution >= 0.6 is 11.3 Å². The fourth-order valence-corrected chi connectivity index (χ4v) is 3.36. The van der Waals surface area contributed by atoms with Gasteiger partial charge in [-0.3, -0.25) is 4.79 Å². The van der Waals surface area contributed by atoms with Gasteiger partial charge in [-0.15, -0.1) is 11.3 Å². The number of hydrogen-bond donors (Lipinski definition) is 1. The summed E-state index contributed by atoms with van der Waals surface area (Å²) in [6.07, 6.45) is 0. The molecule has 1 N–H and O–H groups in total. The molecule has 1 aromatic heterocycles. The van der Waals surface area contributed by atoms with Crippen LogP contribution in [0.1, 0.15) is 21.6 Å². The number of rotatable bonds is 6. The van der Waals surface area contributed by atoms with E-state index in [0.29, 0.717) is 22.8 Å². The molecule has 3 aromatic rings. The Morgan fingerprint density at radius 1 is 1.12 bits per heavy atom. The molecule has 26 heavy (non-hydrogen) atoms. The molecule has 1 heterocycles. The van der Waals surface area contributed by atoms with Crippen LogP contribution in [0.3, 0.4) is 0 Å². The Kier molecular flexibility index (Phi) is 5.75. The van der Waals surface area contributed by atoms with Crippen molar-refractivity contribution in [2.45, 2.75) is 13.1 Å². The molecule has 0 spiro atoms. The van der Waals surface area contributed by atoms with Gasteiger partial charge in [0.25, 0.3) is 5.91 Å². The van der Waals surface area contributed by atoms with E-state index < -0.39 is 0 Å². The number of hydrogen-bond acceptors (Lipinski definition) is 4. The minimum absolute atomic E-state index is 0.263. The molecule has 0 aliphatic carbocycles. The van der Waals surface area contributed by atoms with Crippen molar-refractivity contribution in [1.82, 2.24) is 15.2 Å². The van der Waals surface area contributed by atoms with Gasteiger partial charge in [0, 0.05) is 24.0 Å². The summed E-state index contributed by atoms with van der Waals surface area (Å²) < 4.78 is 13.8. The van der Waals surface area contributed by atoms with Crippen molar-refractivity contribution >= 4 is 17.2 Å². The predicted octanol–water partition coefficient (Wildman–Crippen LogP) is 3.94. The first-order valence-electron chi connectivity index (χ1n) is 8.24. The lowest BCUT2D eigenvalue weighted by molar-refractivity contribution is 0.0946. The highest BCUT2D eigenvalue weighted by Crippen LogP contribution is 2.26. The molecule has 3 rings (SSSR count). The molecule has 1 amide bonds. The summed E-state index contributed by atoms with van der Waals surface area (Å²) in [5, 5.41) is 5.01. The van der Waals surface area contributed by atoms with Crippen LogP contribution in [-0.2, 0) is 13.1 Å². The maximum Gasteiger partial charge on any atom is 0.271 e. The van der Waals surface area contributed by atoms with Crippen molar-refractivity contribution in [2.24, 2.45) is 0 Å². The summed E-state index contributed by atoms with van der Waals surface area (Å²) in [6.45, 7) is 1.30. The maximum absolute atomic E-state index is 13.8. The number of carbonyl (C=O) groups excluding carboxylic acids is 1. The molecule has 0 bridgehead atoms. The second kappa shape index (κ2) is 8.21. The predicted molar refractivity (Wildman–Crippen MR) is 103 cm³/mol. The van der Waals surface area contributed by atoms with Gasteiger partial charge < -0.3 is 10.2 Å². The Labute approximate surface area is 156 Å². The molecule has 0 radical (unpaired) electrons. The normalized spacial score (nSPS) is 10.9. The van der Waals surface area contributed by atoms with E-state index in [2.05, 4.69) is 27.3 Å². The van der Waals surface area contributed by atoms with Crippen molar-refractivity contribution in [3.8, 4) is 10.6 Å². The van der Waals surface area contributed by atoms with Gasteiger partial charge in [0.15, 0.2) is 0 Å². The standard InChI is InChI=1S/C20H20FN3OS/c1-24(2)12-15-9-7-14(8-10-15)11-22-19(25)18-13-26-20(23-18)16-5-3-4-6-17(16)21/h3-10,13H,11-12H2,1-2H3,(H,22,25). The number of nitrogens with zero attached hydrogens (tertiary/aromatic N) is 2. The number of thiazole rings is 1. The van der Waals surface area contributed by atoms with Crippen LogP contribution in [0.2, 0.25) is 0 Å². The fraction of sp³-hybridized carbons (Fsp3) is 0.200. The van der Waals surface area contributed by atoms with Crippen LogP contribution in [0.4, 0.5) is 4.39 Å². The van der Waals surface area contributed by atoms with Crippen LogP contribution in [-0.4, -0.2) is 29.9 Å². The Bertz CT molecular complexity index is 890. The van der Waals surface area contributed by atoms with Crippen LogP contribution in [0.25, 0.3) is 10.6 Å². The monoisotopic (exact) mass is 369 g/mol. The Morgan fingerprint density at radius 3 is 2.50 bits per heavy atom. The van der Waals surface area contributed by atoms with Crippen LogP contribution in [0.15, 0.2) is 53.9 Å². The summed E-state index contributed by atoms with van der Waals surface area (Å²) in [4.78, 5) is 18.7. The molecule has 2 aromatic carbocycles. The SMILES string of the molecule is CN(C)Cc1ccc(CNC(=O)c2csc(-c3ccccc3F)n2)cc1. The molecule has 0 saturated carbocycles. The summed E-state index contributed by atoms with van der Waals surface area (Å²) in [7, 11) is 4.05. The lowest BCUT2D eigenvalue weighted by atomic mass is 10.1. The molecule has 134 valence electrons. The highest BCUT2D eigenvalue weighted by atomic mass is 32.1. The molecular formula is C20H20FN3OS. The highest BCUT2D eigenvalue weighted by Gasteiger charge is 2.13. The lowest BCUT2D eigenvalue weighted by Gasteiger charge is -2.10. The molecule has 0 saturated heterocycles. The van der Waals surface area contributed by atoms with Gasteiger partial charge in [-0.1, -0.05) is 36.4 Å². The Balaban J connectivity index is 1.61. The van der Waals surface area contributed by atoms with Crippen molar-refractivity contribution in [1.29, 1.82) is 0 Å². The number of halogens is 1. The van der Waals surface area contributed by atoms with Crippen molar-refractivity contribution in [3.05, 3.63) is 76.5 Å². The van der Waals surface area contributed by atoms with E-state index in [9.17, 15) is 9.18 Å². The van der Waals surface area contributed by atoms with Crippen molar-refractivity contribution in [3.63, 3.8) is 0 Å². The minimum Gasteiger partial charge on any atom is -0.347 e. The van der Waals surface area contributed by atoms with Crippen molar-refractivity contribution in [2.75, 3.05) is 14.1 Å². The van der Waals surface area contributed by atoms with Gasteiger partial charge in [-0.25, -0.2) is 9.37 Å². The first kappa shape index (κ1) is 18.2. The molecule has 6 heteroatoms. The largest absolute Gasteiger partial charge is 0.347 e. The highest BCUT2D eigenvalue weighted by molar-refractivity contribution is 7.13. The number of benzene rings is 2. The van der Waals surface area contributed by atoms with Crippen LogP contribution < -0.4 is 5.32 Å². The van der Waals surface area contributed by atoms with Gasteiger partial charge in [-0.2, -0.15) is 0 Å². The quantitative estimate of drug-likeness (QED) is 0.716. The van der Waals surface area contributed by atoms with E-state index in [1.165, 1.54) is 23.0 Å². The molecule has 0 unspecified atom stereocenters. The van der Waals surface area contributed by atoms with E-state index in [-0.39, 0.29) is 11.7 Å². The lowest BCUT2D eigenvalue weighted by Crippen LogP contribution is -2.23. The smallest absolute Gasteiger partial charge is 0.271 e. The first-order valence-corrected chi connectivity index (χ1v) is 9.12. The molecule has 0 fully saturated rings. The molecule has 0 aliphatic rings. The molecule has 4 nitrogen and oxygen atoms in total. The minimum atomic E-state index is -0.341. The number of amides is 1. The van der Waals surface area contributed by atoms with E-state index in [0.717, 1.165) is 12.1 Å². The summed E-state index contributed by atoms with van der Waals surface area (Å²) in [5.74, 6) is -0.604. The summed E-state index contributed by atoms with van der Waals surface area (Å²) in [5.41, 5.74) is 2.95. The number of aromatic nitrogens is 1. The van der Waals surface area contributed by atoms with Crippen LogP contribution in [0.5, 0.6) is 0 Å². The van der Waals surface area contributed by atoms with E-state index in [1.807, 2.05) is 26.2 Å². The third kappa shape index (κ3) is 4.53. The number of nitrogens with one attached hydrogen (secondary N) is 1. The van der Waals surface area contributed by atoms with E-state index >= 15 is 0 Å². The van der Waals surface area contributed by atoms with Gasteiger partial charge in [-0.05, 0) is 37.4 Å². The molecular weight excluding hydrogens is 349 g/mol. The third-order valence-electron chi connectivity index (χ3n) is 3.82. The zero-order valence-corrected chi connectivity index (χ0v) is 15.5. The second-order valence-electron chi connectivity index (χ2n) is 6.25.